The van der Waals surface area contributed by atoms with Gasteiger partial charge in [-0.1, -0.05) is 6.07 Å². The van der Waals surface area contributed by atoms with Crippen LogP contribution in [0.3, 0.4) is 0 Å². The molecule has 3 nitrogen and oxygen atoms in total. The van der Waals surface area contributed by atoms with Crippen LogP contribution < -0.4 is 10.1 Å². The van der Waals surface area contributed by atoms with Gasteiger partial charge >= 0.3 is 0 Å². The lowest BCUT2D eigenvalue weighted by Crippen LogP contribution is -2.25. The molecule has 1 aromatic carbocycles. The SMILES string of the molecule is COc1cc(C(=O)NCC2CC2)ccc1C. The molecule has 0 heterocycles. The van der Waals surface area contributed by atoms with Crippen molar-refractivity contribution in [2.24, 2.45) is 5.92 Å². The lowest BCUT2D eigenvalue weighted by atomic mass is 10.1. The molecule has 1 aliphatic rings. The Morgan fingerprint density at radius 2 is 2.25 bits per heavy atom. The van der Waals surface area contributed by atoms with Crippen LogP contribution in [0.1, 0.15) is 28.8 Å². The molecule has 1 amide bonds. The average molecular weight is 219 g/mol. The number of amides is 1. The van der Waals surface area contributed by atoms with Gasteiger partial charge in [-0.05, 0) is 43.4 Å². The minimum atomic E-state index is -0.00907. The van der Waals surface area contributed by atoms with Gasteiger partial charge in [-0.15, -0.1) is 0 Å². The first-order valence-electron chi connectivity index (χ1n) is 5.63. The Bertz CT molecular complexity index is 397. The Hall–Kier alpha value is -1.51. The Balaban J connectivity index is 2.03. The standard InChI is InChI=1S/C13H17NO2/c1-9-3-6-11(7-12(9)16-2)13(15)14-8-10-4-5-10/h3,6-7,10H,4-5,8H2,1-2H3,(H,14,15). The van der Waals surface area contributed by atoms with Gasteiger partial charge in [0.2, 0.25) is 0 Å². The second-order valence-corrected chi connectivity index (χ2v) is 4.34. The van der Waals surface area contributed by atoms with Gasteiger partial charge in [0.05, 0.1) is 7.11 Å². The first kappa shape index (κ1) is 11.0. The zero-order valence-corrected chi connectivity index (χ0v) is 9.75. The Morgan fingerprint density at radius 1 is 1.50 bits per heavy atom. The fourth-order valence-corrected chi connectivity index (χ4v) is 1.62. The number of nitrogens with one attached hydrogen (secondary N) is 1. The van der Waals surface area contributed by atoms with Gasteiger partial charge in [-0.25, -0.2) is 0 Å². The maximum Gasteiger partial charge on any atom is 0.251 e. The predicted molar refractivity (Wildman–Crippen MR) is 62.8 cm³/mol. The van der Waals surface area contributed by atoms with E-state index in [9.17, 15) is 4.79 Å². The number of benzene rings is 1. The Morgan fingerprint density at radius 3 is 2.88 bits per heavy atom. The molecule has 86 valence electrons. The van der Waals surface area contributed by atoms with Gasteiger partial charge in [0.25, 0.3) is 5.91 Å². The van der Waals surface area contributed by atoms with Gasteiger partial charge in [0, 0.05) is 12.1 Å². The summed E-state index contributed by atoms with van der Waals surface area (Å²) >= 11 is 0. The van der Waals surface area contributed by atoms with Gasteiger partial charge in [0.1, 0.15) is 5.75 Å². The number of hydrogen-bond donors (Lipinski definition) is 1. The van der Waals surface area contributed by atoms with Crippen molar-refractivity contribution in [1.82, 2.24) is 5.32 Å². The number of hydrogen-bond acceptors (Lipinski definition) is 2. The van der Waals surface area contributed by atoms with Crippen LogP contribution in [0.25, 0.3) is 0 Å². The van der Waals surface area contributed by atoms with Crippen molar-refractivity contribution in [2.75, 3.05) is 13.7 Å². The van der Waals surface area contributed by atoms with Crippen LogP contribution in [-0.2, 0) is 0 Å². The molecule has 1 aliphatic carbocycles. The molecule has 0 unspecified atom stereocenters. The van der Waals surface area contributed by atoms with E-state index in [1.165, 1.54) is 12.8 Å². The number of aryl methyl sites for hydroxylation is 1. The largest absolute Gasteiger partial charge is 0.496 e. The molecule has 0 aliphatic heterocycles. The molecule has 0 aromatic heterocycles. The van der Waals surface area contributed by atoms with Crippen LogP contribution >= 0.6 is 0 Å². The van der Waals surface area contributed by atoms with E-state index in [4.69, 9.17) is 4.74 Å². The summed E-state index contributed by atoms with van der Waals surface area (Å²) in [4.78, 5) is 11.8. The zero-order chi connectivity index (χ0) is 11.5. The Labute approximate surface area is 95.8 Å². The summed E-state index contributed by atoms with van der Waals surface area (Å²) in [5, 5.41) is 2.94. The monoisotopic (exact) mass is 219 g/mol. The lowest BCUT2D eigenvalue weighted by Gasteiger charge is -2.08. The highest BCUT2D eigenvalue weighted by atomic mass is 16.5. The first-order chi connectivity index (χ1) is 7.70. The number of carbonyl (C=O) groups excluding carboxylic acids is 1. The lowest BCUT2D eigenvalue weighted by molar-refractivity contribution is 0.0951. The van der Waals surface area contributed by atoms with E-state index in [2.05, 4.69) is 5.32 Å². The van der Waals surface area contributed by atoms with E-state index in [1.807, 2.05) is 19.1 Å². The highest BCUT2D eigenvalue weighted by molar-refractivity contribution is 5.94. The smallest absolute Gasteiger partial charge is 0.251 e. The van der Waals surface area contributed by atoms with Crippen molar-refractivity contribution in [1.29, 1.82) is 0 Å². The van der Waals surface area contributed by atoms with Gasteiger partial charge in [-0.2, -0.15) is 0 Å². The third-order valence-electron chi connectivity index (χ3n) is 2.92. The summed E-state index contributed by atoms with van der Waals surface area (Å²) in [7, 11) is 1.62. The highest BCUT2D eigenvalue weighted by Gasteiger charge is 2.21. The summed E-state index contributed by atoms with van der Waals surface area (Å²) in [5.74, 6) is 1.46. The molecule has 2 rings (SSSR count). The normalized spacial score (nSPS) is 14.6. The van der Waals surface area contributed by atoms with Crippen molar-refractivity contribution < 1.29 is 9.53 Å². The molecule has 0 radical (unpaired) electrons. The first-order valence-corrected chi connectivity index (χ1v) is 5.63. The van der Waals surface area contributed by atoms with Crippen LogP contribution in [0.5, 0.6) is 5.75 Å². The Kier molecular flexibility index (Phi) is 3.13. The second-order valence-electron chi connectivity index (χ2n) is 4.34. The molecule has 0 bridgehead atoms. The van der Waals surface area contributed by atoms with Crippen LogP contribution in [-0.4, -0.2) is 19.6 Å². The minimum Gasteiger partial charge on any atom is -0.496 e. The van der Waals surface area contributed by atoms with Crippen LogP contribution in [0.4, 0.5) is 0 Å². The summed E-state index contributed by atoms with van der Waals surface area (Å²) in [6.45, 7) is 2.76. The van der Waals surface area contributed by atoms with Crippen molar-refractivity contribution in [3.63, 3.8) is 0 Å². The van der Waals surface area contributed by atoms with E-state index < -0.39 is 0 Å². The fourth-order valence-electron chi connectivity index (χ4n) is 1.62. The molecule has 0 atom stereocenters. The molecule has 1 N–H and O–H groups in total. The van der Waals surface area contributed by atoms with Crippen LogP contribution in [0.2, 0.25) is 0 Å². The number of methoxy groups -OCH3 is 1. The van der Waals surface area contributed by atoms with Crippen LogP contribution in [0.15, 0.2) is 18.2 Å². The van der Waals surface area contributed by atoms with E-state index in [-0.39, 0.29) is 5.91 Å². The summed E-state index contributed by atoms with van der Waals surface area (Å²) in [5.41, 5.74) is 1.71. The molecule has 0 spiro atoms. The van der Waals surface area contributed by atoms with Crippen molar-refractivity contribution >= 4 is 5.91 Å². The summed E-state index contributed by atoms with van der Waals surface area (Å²) in [6, 6.07) is 5.53. The topological polar surface area (TPSA) is 38.3 Å². The van der Waals surface area contributed by atoms with Gasteiger partial charge < -0.3 is 10.1 Å². The maximum absolute atomic E-state index is 11.8. The second kappa shape index (κ2) is 4.56. The van der Waals surface area contributed by atoms with E-state index >= 15 is 0 Å². The molecule has 1 fully saturated rings. The number of ether oxygens (including phenoxy) is 1. The molecule has 3 heteroatoms. The third-order valence-corrected chi connectivity index (χ3v) is 2.92. The number of carbonyl (C=O) groups is 1. The summed E-state index contributed by atoms with van der Waals surface area (Å²) < 4.78 is 5.19. The highest BCUT2D eigenvalue weighted by Crippen LogP contribution is 2.27. The molecule has 1 saturated carbocycles. The van der Waals surface area contributed by atoms with Crippen LogP contribution in [0, 0.1) is 12.8 Å². The maximum atomic E-state index is 11.8. The quantitative estimate of drug-likeness (QED) is 0.842. The molecular weight excluding hydrogens is 202 g/mol. The predicted octanol–water partition coefficient (Wildman–Crippen LogP) is 2.14. The third kappa shape index (κ3) is 2.54. The van der Waals surface area contributed by atoms with E-state index in [0.29, 0.717) is 11.5 Å². The van der Waals surface area contributed by atoms with Gasteiger partial charge in [0.15, 0.2) is 0 Å². The average Bonchev–Trinajstić information content (AvgIpc) is 3.10. The minimum absolute atomic E-state index is 0.00907. The molecule has 0 saturated heterocycles. The van der Waals surface area contributed by atoms with Crippen molar-refractivity contribution in [2.45, 2.75) is 19.8 Å². The molecule has 16 heavy (non-hydrogen) atoms. The van der Waals surface area contributed by atoms with Crippen molar-refractivity contribution in [3.8, 4) is 5.75 Å². The van der Waals surface area contributed by atoms with Crippen molar-refractivity contribution in [3.05, 3.63) is 29.3 Å². The fraction of sp³-hybridized carbons (Fsp3) is 0.462. The molecule has 1 aromatic rings. The van der Waals surface area contributed by atoms with E-state index in [0.717, 1.165) is 17.9 Å². The van der Waals surface area contributed by atoms with E-state index in [1.54, 1.807) is 13.2 Å². The number of rotatable bonds is 4. The molecular formula is C13H17NO2. The summed E-state index contributed by atoms with van der Waals surface area (Å²) in [6.07, 6.45) is 2.50. The zero-order valence-electron chi connectivity index (χ0n) is 9.75. The van der Waals surface area contributed by atoms with Gasteiger partial charge in [-0.3, -0.25) is 4.79 Å².